The molecule has 0 aliphatic heterocycles. The Hall–Kier alpha value is -1.82. The van der Waals surface area contributed by atoms with Gasteiger partial charge in [-0.15, -0.1) is 0 Å². The number of halogens is 3. The first-order valence-electron chi connectivity index (χ1n) is 8.21. The number of aromatic nitrogens is 1. The van der Waals surface area contributed by atoms with E-state index in [9.17, 15) is 4.79 Å². The fourth-order valence-corrected chi connectivity index (χ4v) is 3.78. The molecule has 27 heavy (non-hydrogen) atoms. The molecule has 2 aromatic carbocycles. The molecule has 0 bridgehead atoms. The first-order chi connectivity index (χ1) is 12.9. The summed E-state index contributed by atoms with van der Waals surface area (Å²) in [6, 6.07) is 12.7. The first-order valence-corrected chi connectivity index (χ1v) is 9.76. The number of carbonyl (C=O) groups excluding carboxylic acids is 1. The van der Waals surface area contributed by atoms with E-state index in [2.05, 4.69) is 21.1 Å². The summed E-state index contributed by atoms with van der Waals surface area (Å²) in [4.78, 5) is 12.5. The van der Waals surface area contributed by atoms with Crippen molar-refractivity contribution in [3.8, 4) is 11.3 Å². The van der Waals surface area contributed by atoms with Gasteiger partial charge in [-0.05, 0) is 38.1 Å². The maximum absolute atomic E-state index is 12.5. The van der Waals surface area contributed by atoms with E-state index in [1.54, 1.807) is 26.0 Å². The fraction of sp³-hybridized carbons (Fsp3) is 0.200. The van der Waals surface area contributed by atoms with Gasteiger partial charge < -0.3 is 9.26 Å². The molecule has 0 spiro atoms. The number of benzene rings is 2. The van der Waals surface area contributed by atoms with Crippen LogP contribution in [0.15, 0.2) is 51.5 Å². The third-order valence-electron chi connectivity index (χ3n) is 4.13. The Morgan fingerprint density at radius 2 is 1.96 bits per heavy atom. The highest BCUT2D eigenvalue weighted by Crippen LogP contribution is 2.34. The minimum absolute atomic E-state index is 0.0197. The molecule has 0 unspecified atom stereocenters. The number of carbonyl (C=O) groups is 1. The van der Waals surface area contributed by atoms with Crippen LogP contribution < -0.4 is 0 Å². The van der Waals surface area contributed by atoms with Crippen LogP contribution in [0.3, 0.4) is 0 Å². The molecule has 1 atom stereocenters. The molecule has 0 amide bonds. The van der Waals surface area contributed by atoms with E-state index < -0.39 is 12.1 Å². The molecule has 7 heteroatoms. The molecule has 0 saturated heterocycles. The summed E-state index contributed by atoms with van der Waals surface area (Å²) in [5.74, 6) is 0.0653. The Labute approximate surface area is 175 Å². The number of ether oxygens (including phenoxy) is 1. The molecule has 0 saturated carbocycles. The van der Waals surface area contributed by atoms with Gasteiger partial charge in [-0.1, -0.05) is 62.5 Å². The summed E-state index contributed by atoms with van der Waals surface area (Å²) in [6.45, 7) is 3.56. The van der Waals surface area contributed by atoms with Crippen molar-refractivity contribution in [1.29, 1.82) is 0 Å². The van der Waals surface area contributed by atoms with E-state index >= 15 is 0 Å². The van der Waals surface area contributed by atoms with Crippen LogP contribution in [0, 0.1) is 6.92 Å². The predicted molar refractivity (Wildman–Crippen MR) is 109 cm³/mol. The van der Waals surface area contributed by atoms with E-state index in [4.69, 9.17) is 32.5 Å². The molecule has 4 nitrogen and oxygen atoms in total. The molecule has 1 heterocycles. The van der Waals surface area contributed by atoms with E-state index in [0.29, 0.717) is 32.6 Å². The van der Waals surface area contributed by atoms with Crippen molar-refractivity contribution in [1.82, 2.24) is 5.16 Å². The summed E-state index contributed by atoms with van der Waals surface area (Å²) in [6.07, 6.45) is -0.447. The monoisotopic (exact) mass is 467 g/mol. The lowest BCUT2D eigenvalue weighted by Crippen LogP contribution is -2.12. The van der Waals surface area contributed by atoms with Gasteiger partial charge in [-0.2, -0.15) is 0 Å². The summed E-state index contributed by atoms with van der Waals surface area (Å²) < 4.78 is 11.8. The van der Waals surface area contributed by atoms with Crippen LogP contribution in [-0.2, 0) is 16.0 Å². The van der Waals surface area contributed by atoms with Gasteiger partial charge in [0.15, 0.2) is 5.76 Å². The highest BCUT2D eigenvalue weighted by atomic mass is 79.9. The minimum Gasteiger partial charge on any atom is -0.457 e. The summed E-state index contributed by atoms with van der Waals surface area (Å²) in [7, 11) is 0. The topological polar surface area (TPSA) is 52.3 Å². The second-order valence-electron chi connectivity index (χ2n) is 6.03. The third-order valence-corrected chi connectivity index (χ3v) is 5.28. The molecule has 140 valence electrons. The molecule has 0 fully saturated rings. The number of nitrogens with zero attached hydrogens (tertiary/aromatic N) is 1. The fourth-order valence-electron chi connectivity index (χ4n) is 2.73. The van der Waals surface area contributed by atoms with Gasteiger partial charge >= 0.3 is 5.97 Å². The lowest BCUT2D eigenvalue weighted by Gasteiger charge is -2.15. The van der Waals surface area contributed by atoms with Crippen molar-refractivity contribution in [2.75, 3.05) is 0 Å². The zero-order chi connectivity index (χ0) is 19.6. The van der Waals surface area contributed by atoms with Gasteiger partial charge in [0, 0.05) is 26.2 Å². The van der Waals surface area contributed by atoms with Crippen LogP contribution in [0.4, 0.5) is 0 Å². The van der Waals surface area contributed by atoms with Crippen molar-refractivity contribution in [2.24, 2.45) is 0 Å². The van der Waals surface area contributed by atoms with Crippen molar-refractivity contribution in [3.63, 3.8) is 0 Å². The first kappa shape index (κ1) is 19.9. The van der Waals surface area contributed by atoms with Gasteiger partial charge in [-0.25, -0.2) is 0 Å². The molecule has 1 aromatic heterocycles. The van der Waals surface area contributed by atoms with Gasteiger partial charge in [0.1, 0.15) is 6.10 Å². The smallest absolute Gasteiger partial charge is 0.311 e. The zero-order valence-corrected chi connectivity index (χ0v) is 17.7. The largest absolute Gasteiger partial charge is 0.457 e. The van der Waals surface area contributed by atoms with Crippen LogP contribution in [0.25, 0.3) is 11.3 Å². The average Bonchev–Trinajstić information content (AvgIpc) is 2.96. The molecule has 0 N–H and O–H groups in total. The Balaban J connectivity index is 1.81. The van der Waals surface area contributed by atoms with Crippen molar-refractivity contribution in [3.05, 3.63) is 73.8 Å². The van der Waals surface area contributed by atoms with E-state index in [0.717, 1.165) is 10.0 Å². The van der Waals surface area contributed by atoms with Gasteiger partial charge in [0.05, 0.1) is 17.1 Å². The van der Waals surface area contributed by atoms with E-state index in [1.807, 2.05) is 30.3 Å². The number of esters is 1. The lowest BCUT2D eigenvalue weighted by atomic mass is 10.0. The summed E-state index contributed by atoms with van der Waals surface area (Å²) >= 11 is 15.9. The second-order valence-corrected chi connectivity index (χ2v) is 7.76. The second kappa shape index (κ2) is 8.46. The van der Waals surface area contributed by atoms with Crippen LogP contribution >= 0.6 is 39.1 Å². The Bertz CT molecular complexity index is 987. The SMILES string of the molecule is Cc1noc(-c2ccc(Br)cc2Cl)c1CC(=O)O[C@H](C)c1ccccc1Cl. The Morgan fingerprint density at radius 3 is 2.67 bits per heavy atom. The number of hydrogen-bond acceptors (Lipinski definition) is 4. The highest BCUT2D eigenvalue weighted by molar-refractivity contribution is 9.10. The lowest BCUT2D eigenvalue weighted by molar-refractivity contribution is -0.147. The third kappa shape index (κ3) is 4.54. The van der Waals surface area contributed by atoms with Gasteiger partial charge in [0.25, 0.3) is 0 Å². The van der Waals surface area contributed by atoms with Gasteiger partial charge in [0.2, 0.25) is 0 Å². The maximum Gasteiger partial charge on any atom is 0.311 e. The minimum atomic E-state index is -0.467. The molecule has 3 rings (SSSR count). The van der Waals surface area contributed by atoms with Crippen LogP contribution in [-0.4, -0.2) is 11.1 Å². The number of hydrogen-bond donors (Lipinski definition) is 0. The normalized spacial score (nSPS) is 12.0. The quantitative estimate of drug-likeness (QED) is 0.397. The molecular weight excluding hydrogens is 453 g/mol. The highest BCUT2D eigenvalue weighted by Gasteiger charge is 2.22. The van der Waals surface area contributed by atoms with Crippen molar-refractivity contribution >= 4 is 45.1 Å². The predicted octanol–water partition coefficient (Wildman–Crippen LogP) is 6.57. The summed E-state index contributed by atoms with van der Waals surface area (Å²) in [5, 5.41) is 5.04. The Morgan fingerprint density at radius 1 is 1.22 bits per heavy atom. The zero-order valence-electron chi connectivity index (χ0n) is 14.6. The Kier molecular flexibility index (Phi) is 6.25. The van der Waals surface area contributed by atoms with Crippen LogP contribution in [0.2, 0.25) is 10.0 Å². The molecule has 0 aliphatic rings. The van der Waals surface area contributed by atoms with E-state index in [1.165, 1.54) is 0 Å². The molecule has 0 radical (unpaired) electrons. The maximum atomic E-state index is 12.5. The average molecular weight is 469 g/mol. The summed E-state index contributed by atoms with van der Waals surface area (Å²) in [5.41, 5.74) is 2.69. The van der Waals surface area contributed by atoms with E-state index in [-0.39, 0.29) is 6.42 Å². The number of aryl methyl sites for hydroxylation is 1. The standard InChI is InChI=1S/C20H16BrCl2NO3/c1-11-16(20(27-24-11)15-8-7-13(21)9-18(15)23)10-19(25)26-12(2)14-5-3-4-6-17(14)22/h3-9,12H,10H2,1-2H3/t12-/m1/s1. The molecule has 3 aromatic rings. The van der Waals surface area contributed by atoms with Gasteiger partial charge in [-0.3, -0.25) is 4.79 Å². The number of rotatable bonds is 5. The molecule has 0 aliphatic carbocycles. The van der Waals surface area contributed by atoms with Crippen LogP contribution in [0.5, 0.6) is 0 Å². The molecular formula is C20H16BrCl2NO3. The van der Waals surface area contributed by atoms with Crippen LogP contribution in [0.1, 0.15) is 29.8 Å². The van der Waals surface area contributed by atoms with Crippen molar-refractivity contribution < 1.29 is 14.1 Å². The van der Waals surface area contributed by atoms with Crippen molar-refractivity contribution in [2.45, 2.75) is 26.4 Å².